The molecular formula is C27H49N3O7. The molecule has 1 aliphatic rings. The van der Waals surface area contributed by atoms with Crippen molar-refractivity contribution in [2.24, 2.45) is 17.8 Å². The Bertz CT molecular complexity index is 760. The first-order valence-electron chi connectivity index (χ1n) is 13.4. The molecule has 0 bridgehead atoms. The Morgan fingerprint density at radius 2 is 1.68 bits per heavy atom. The molecule has 0 aromatic carbocycles. The summed E-state index contributed by atoms with van der Waals surface area (Å²) in [5.74, 6) is -1.13. The number of nitrogens with zero attached hydrogens (tertiary/aromatic N) is 2. The molecule has 0 aromatic heterocycles. The number of carbonyl (C=O) groups is 4. The van der Waals surface area contributed by atoms with Gasteiger partial charge in [-0.3, -0.25) is 19.2 Å². The molecule has 10 heteroatoms. The maximum Gasteiger partial charge on any atom is 0.325 e. The van der Waals surface area contributed by atoms with Gasteiger partial charge < -0.3 is 29.3 Å². The van der Waals surface area contributed by atoms with Gasteiger partial charge in [0.1, 0.15) is 6.54 Å². The zero-order valence-corrected chi connectivity index (χ0v) is 24.2. The number of hydrogen-bond acceptors (Lipinski definition) is 7. The highest BCUT2D eigenvalue weighted by molar-refractivity contribution is 5.84. The van der Waals surface area contributed by atoms with Gasteiger partial charge in [-0.25, -0.2) is 0 Å². The molecule has 1 fully saturated rings. The Kier molecular flexibility index (Phi) is 14.1. The van der Waals surface area contributed by atoms with Gasteiger partial charge in [0.15, 0.2) is 0 Å². The van der Waals surface area contributed by atoms with E-state index in [9.17, 15) is 19.2 Å². The summed E-state index contributed by atoms with van der Waals surface area (Å²) in [6.07, 6.45) is 1.91. The third kappa shape index (κ3) is 9.25. The number of likely N-dealkylation sites (tertiary alicyclic amines) is 1. The summed E-state index contributed by atoms with van der Waals surface area (Å²) in [6.45, 7) is 10.2. The molecule has 1 aliphatic heterocycles. The molecule has 1 heterocycles. The van der Waals surface area contributed by atoms with Crippen LogP contribution in [0.2, 0.25) is 0 Å². The van der Waals surface area contributed by atoms with Crippen LogP contribution < -0.4 is 5.32 Å². The predicted octanol–water partition coefficient (Wildman–Crippen LogP) is 2.24. The van der Waals surface area contributed by atoms with E-state index in [4.69, 9.17) is 9.47 Å². The van der Waals surface area contributed by atoms with Crippen LogP contribution in [-0.4, -0.2) is 99.2 Å². The normalized spacial score (nSPS) is 19.6. The molecular weight excluding hydrogens is 478 g/mol. The Morgan fingerprint density at radius 3 is 2.19 bits per heavy atom. The molecule has 10 nitrogen and oxygen atoms in total. The number of rotatable bonds is 15. The highest BCUT2D eigenvalue weighted by Gasteiger charge is 2.41. The average molecular weight is 528 g/mol. The van der Waals surface area contributed by atoms with Gasteiger partial charge in [0, 0.05) is 34.2 Å². The fourth-order valence-electron chi connectivity index (χ4n) is 5.21. The smallest absolute Gasteiger partial charge is 0.325 e. The van der Waals surface area contributed by atoms with Crippen molar-refractivity contribution in [2.45, 2.75) is 91.0 Å². The van der Waals surface area contributed by atoms with E-state index < -0.39 is 24.1 Å². The first kappa shape index (κ1) is 32.8. The molecule has 37 heavy (non-hydrogen) atoms. The van der Waals surface area contributed by atoms with Crippen LogP contribution in [0.15, 0.2) is 0 Å². The van der Waals surface area contributed by atoms with E-state index >= 15 is 0 Å². The highest BCUT2D eigenvalue weighted by atomic mass is 16.5. The zero-order chi connectivity index (χ0) is 28.3. The van der Waals surface area contributed by atoms with Crippen molar-refractivity contribution in [2.75, 3.05) is 41.5 Å². The van der Waals surface area contributed by atoms with Gasteiger partial charge in [0.25, 0.3) is 0 Å². The quantitative estimate of drug-likeness (QED) is 0.325. The lowest BCUT2D eigenvalue weighted by atomic mass is 9.90. The van der Waals surface area contributed by atoms with Crippen molar-refractivity contribution in [1.82, 2.24) is 15.1 Å². The molecule has 1 N–H and O–H groups in total. The Hall–Kier alpha value is -2.20. The molecule has 6 atom stereocenters. The van der Waals surface area contributed by atoms with Crippen LogP contribution in [0.25, 0.3) is 0 Å². The van der Waals surface area contributed by atoms with E-state index in [1.165, 1.54) is 14.2 Å². The maximum absolute atomic E-state index is 13.6. The van der Waals surface area contributed by atoms with E-state index in [0.717, 1.165) is 12.8 Å². The van der Waals surface area contributed by atoms with Gasteiger partial charge in [-0.15, -0.1) is 0 Å². The van der Waals surface area contributed by atoms with Gasteiger partial charge in [0.05, 0.1) is 43.7 Å². The summed E-state index contributed by atoms with van der Waals surface area (Å²) in [6, 6.07) is -0.524. The van der Waals surface area contributed by atoms with Crippen LogP contribution in [0.3, 0.4) is 0 Å². The van der Waals surface area contributed by atoms with Crippen LogP contribution in [0.4, 0.5) is 0 Å². The van der Waals surface area contributed by atoms with E-state index in [-0.39, 0.29) is 54.6 Å². The number of esters is 1. The summed E-state index contributed by atoms with van der Waals surface area (Å²) in [7, 11) is 6.17. The van der Waals surface area contributed by atoms with Gasteiger partial charge >= 0.3 is 5.97 Å². The Morgan fingerprint density at radius 1 is 1.03 bits per heavy atom. The van der Waals surface area contributed by atoms with Gasteiger partial charge in [-0.1, -0.05) is 41.0 Å². The van der Waals surface area contributed by atoms with Gasteiger partial charge in [-0.2, -0.15) is 0 Å². The number of likely N-dealkylation sites (N-methyl/N-ethyl adjacent to an activating group) is 1. The fourth-order valence-corrected chi connectivity index (χ4v) is 5.21. The van der Waals surface area contributed by atoms with Crippen LogP contribution in [0.1, 0.15) is 66.7 Å². The minimum atomic E-state index is -0.584. The number of amides is 3. The van der Waals surface area contributed by atoms with E-state index in [2.05, 4.69) is 23.9 Å². The van der Waals surface area contributed by atoms with Crippen molar-refractivity contribution in [3.63, 3.8) is 0 Å². The van der Waals surface area contributed by atoms with Crippen molar-refractivity contribution < 1.29 is 33.4 Å². The second-order valence-electron chi connectivity index (χ2n) is 10.5. The summed E-state index contributed by atoms with van der Waals surface area (Å²) >= 11 is 0. The molecule has 0 saturated carbocycles. The van der Waals surface area contributed by atoms with Crippen molar-refractivity contribution in [3.8, 4) is 0 Å². The molecule has 214 valence electrons. The first-order chi connectivity index (χ1) is 17.4. The number of nitrogens with one attached hydrogen (secondary N) is 1. The lowest BCUT2D eigenvalue weighted by molar-refractivity contribution is -0.146. The van der Waals surface area contributed by atoms with Crippen molar-refractivity contribution in [3.05, 3.63) is 0 Å². The van der Waals surface area contributed by atoms with Crippen LogP contribution in [0, 0.1) is 17.8 Å². The maximum atomic E-state index is 13.6. The second-order valence-corrected chi connectivity index (χ2v) is 10.5. The largest absolute Gasteiger partial charge is 0.468 e. The summed E-state index contributed by atoms with van der Waals surface area (Å²) in [4.78, 5) is 54.1. The monoisotopic (exact) mass is 527 g/mol. The van der Waals surface area contributed by atoms with Crippen LogP contribution in [0.5, 0.6) is 0 Å². The fraction of sp³-hybridized carbons (Fsp3) is 0.852. The van der Waals surface area contributed by atoms with Crippen molar-refractivity contribution >= 4 is 23.7 Å². The van der Waals surface area contributed by atoms with E-state index in [0.29, 0.717) is 19.4 Å². The number of carbonyl (C=O) groups excluding carboxylic acids is 4. The predicted molar refractivity (Wildman–Crippen MR) is 141 cm³/mol. The van der Waals surface area contributed by atoms with Crippen LogP contribution >= 0.6 is 0 Å². The molecule has 1 saturated heterocycles. The first-order valence-corrected chi connectivity index (χ1v) is 13.4. The minimum absolute atomic E-state index is 0.0417. The molecule has 6 unspecified atom stereocenters. The highest BCUT2D eigenvalue weighted by Crippen LogP contribution is 2.29. The third-order valence-corrected chi connectivity index (χ3v) is 7.52. The van der Waals surface area contributed by atoms with Crippen LogP contribution in [-0.2, 0) is 33.4 Å². The Balaban J connectivity index is 3.04. The SMILES string of the molecule is CCC(C)C(C(CC(=O)N1CCCC1C(OC)C(C)C(=O)NCC(=O)OC)OC)N(C)C(=O)CC(C)C. The summed E-state index contributed by atoms with van der Waals surface area (Å²) in [5, 5.41) is 2.57. The topological polar surface area (TPSA) is 114 Å². The zero-order valence-electron chi connectivity index (χ0n) is 24.2. The lowest BCUT2D eigenvalue weighted by Crippen LogP contribution is -2.53. The number of methoxy groups -OCH3 is 3. The third-order valence-electron chi connectivity index (χ3n) is 7.52. The molecule has 0 spiro atoms. The molecule has 0 aliphatic carbocycles. The molecule has 0 radical (unpaired) electrons. The second kappa shape index (κ2) is 15.9. The van der Waals surface area contributed by atoms with E-state index in [1.54, 1.807) is 30.9 Å². The number of hydrogen-bond donors (Lipinski definition) is 1. The molecule has 3 amide bonds. The standard InChI is InChI=1S/C27H49N3O7/c1-10-18(4)25(29(6)22(31)14-17(2)3)21(35-7)15-23(32)30-13-11-12-20(30)26(37-9)19(5)27(34)28-16-24(33)36-8/h17-21,25-26H,10-16H2,1-9H3,(H,28,34). The van der Waals surface area contributed by atoms with Crippen molar-refractivity contribution in [1.29, 1.82) is 0 Å². The summed E-state index contributed by atoms with van der Waals surface area (Å²) in [5.41, 5.74) is 0. The van der Waals surface area contributed by atoms with Gasteiger partial charge in [-0.05, 0) is 24.7 Å². The number of ether oxygens (including phenoxy) is 3. The minimum Gasteiger partial charge on any atom is -0.468 e. The average Bonchev–Trinajstić information content (AvgIpc) is 3.35. The summed E-state index contributed by atoms with van der Waals surface area (Å²) < 4.78 is 16.1. The lowest BCUT2D eigenvalue weighted by Gasteiger charge is -2.39. The Labute approximate surface area is 222 Å². The van der Waals surface area contributed by atoms with Gasteiger partial charge in [0.2, 0.25) is 17.7 Å². The van der Waals surface area contributed by atoms with E-state index in [1.807, 2.05) is 13.8 Å². The molecule has 0 aromatic rings. The molecule has 1 rings (SSSR count).